The molecule has 0 fully saturated rings. The fourth-order valence-corrected chi connectivity index (χ4v) is 1.29. The van der Waals surface area contributed by atoms with E-state index in [1.165, 1.54) is 0 Å². The van der Waals surface area contributed by atoms with Gasteiger partial charge in [-0.2, -0.15) is 5.10 Å². The van der Waals surface area contributed by atoms with E-state index in [-0.39, 0.29) is 5.41 Å². The highest BCUT2D eigenvalue weighted by atomic mass is 19.1. The van der Waals surface area contributed by atoms with Crippen LogP contribution in [0.25, 0.3) is 0 Å². The van der Waals surface area contributed by atoms with Crippen LogP contribution in [0.3, 0.4) is 0 Å². The van der Waals surface area contributed by atoms with Crippen molar-refractivity contribution in [2.24, 2.45) is 7.05 Å². The topological polar surface area (TPSA) is 17.8 Å². The minimum Gasteiger partial charge on any atom is -0.272 e. The van der Waals surface area contributed by atoms with Gasteiger partial charge in [-0.15, -0.1) is 0 Å². The minimum atomic E-state index is -0.482. The summed E-state index contributed by atoms with van der Waals surface area (Å²) in [5, 5.41) is 4.04. The normalized spacial score (nSPS) is 12.1. The molecule has 0 unspecified atom stereocenters. The number of aryl methyl sites for hydroxylation is 1. The lowest BCUT2D eigenvalue weighted by Crippen LogP contribution is -2.16. The lowest BCUT2D eigenvalue weighted by Gasteiger charge is -2.17. The Balaban J connectivity index is 3.08. The smallest absolute Gasteiger partial charge is 0.133 e. The molecule has 0 atom stereocenters. The van der Waals surface area contributed by atoms with Crippen LogP contribution in [0.1, 0.15) is 32.2 Å². The quantitative estimate of drug-likeness (QED) is 0.631. The van der Waals surface area contributed by atoms with E-state index in [9.17, 15) is 4.39 Å². The van der Waals surface area contributed by atoms with Crippen molar-refractivity contribution in [3.05, 3.63) is 17.5 Å². The molecule has 0 saturated carbocycles. The molecule has 1 aromatic rings. The van der Waals surface area contributed by atoms with Gasteiger partial charge in [0.05, 0.1) is 5.69 Å². The summed E-state index contributed by atoms with van der Waals surface area (Å²) < 4.78 is 14.0. The van der Waals surface area contributed by atoms with E-state index in [2.05, 4.69) is 25.9 Å². The molecule has 68 valence electrons. The van der Waals surface area contributed by atoms with Crippen LogP contribution in [0.5, 0.6) is 0 Å². The first-order valence-corrected chi connectivity index (χ1v) is 4.04. The maximum atomic E-state index is 12.2. The lowest BCUT2D eigenvalue weighted by atomic mass is 9.92. The van der Waals surface area contributed by atoms with Crippen LogP contribution >= 0.6 is 0 Å². The largest absolute Gasteiger partial charge is 0.272 e. The van der Waals surface area contributed by atoms with Crippen LogP contribution in [-0.2, 0) is 19.1 Å². The van der Waals surface area contributed by atoms with Crippen LogP contribution in [0.4, 0.5) is 4.39 Å². The lowest BCUT2D eigenvalue weighted by molar-refractivity contribution is 0.469. The Bertz CT molecular complexity index is 271. The van der Waals surface area contributed by atoms with Crippen LogP contribution < -0.4 is 0 Å². The van der Waals surface area contributed by atoms with E-state index in [1.54, 1.807) is 4.68 Å². The molecule has 3 heteroatoms. The average Bonchev–Trinajstić information content (AvgIpc) is 2.29. The van der Waals surface area contributed by atoms with Gasteiger partial charge in [-0.1, -0.05) is 20.8 Å². The van der Waals surface area contributed by atoms with Crippen molar-refractivity contribution in [2.75, 3.05) is 0 Å². The molecule has 1 rings (SSSR count). The zero-order chi connectivity index (χ0) is 9.35. The van der Waals surface area contributed by atoms with E-state index < -0.39 is 6.67 Å². The van der Waals surface area contributed by atoms with Crippen LogP contribution in [0, 0.1) is 0 Å². The van der Waals surface area contributed by atoms with Crippen LogP contribution in [-0.4, -0.2) is 9.78 Å². The summed E-state index contributed by atoms with van der Waals surface area (Å²) in [5.74, 6) is 0. The Morgan fingerprint density at radius 2 is 2.08 bits per heavy atom. The molecule has 0 radical (unpaired) electrons. The Kier molecular flexibility index (Phi) is 2.22. The van der Waals surface area contributed by atoms with Crippen molar-refractivity contribution < 1.29 is 4.39 Å². The maximum Gasteiger partial charge on any atom is 0.133 e. The second-order valence-electron chi connectivity index (χ2n) is 4.03. The van der Waals surface area contributed by atoms with Crippen molar-refractivity contribution in [1.29, 1.82) is 0 Å². The molecule has 1 aromatic heterocycles. The summed E-state index contributed by atoms with van der Waals surface area (Å²) in [7, 11) is 1.85. The molecule has 0 bridgehead atoms. The van der Waals surface area contributed by atoms with Gasteiger partial charge < -0.3 is 0 Å². The fourth-order valence-electron chi connectivity index (χ4n) is 1.29. The van der Waals surface area contributed by atoms with Gasteiger partial charge in [0, 0.05) is 18.2 Å². The number of hydrogen-bond acceptors (Lipinski definition) is 1. The second-order valence-corrected chi connectivity index (χ2v) is 4.03. The van der Waals surface area contributed by atoms with Gasteiger partial charge >= 0.3 is 0 Å². The van der Waals surface area contributed by atoms with Crippen molar-refractivity contribution in [3.8, 4) is 0 Å². The molecule has 0 N–H and O–H groups in total. The number of halogens is 1. The average molecular weight is 170 g/mol. The third-order valence-electron chi connectivity index (χ3n) is 1.84. The van der Waals surface area contributed by atoms with Gasteiger partial charge in [0.15, 0.2) is 0 Å². The number of nitrogens with zero attached hydrogens (tertiary/aromatic N) is 2. The third kappa shape index (κ3) is 1.65. The van der Waals surface area contributed by atoms with Gasteiger partial charge in [0.25, 0.3) is 0 Å². The summed E-state index contributed by atoms with van der Waals surface area (Å²) >= 11 is 0. The summed E-state index contributed by atoms with van der Waals surface area (Å²) in [4.78, 5) is 0. The van der Waals surface area contributed by atoms with Gasteiger partial charge in [-0.25, -0.2) is 4.39 Å². The Morgan fingerprint density at radius 1 is 1.50 bits per heavy atom. The molecule has 0 aliphatic carbocycles. The van der Waals surface area contributed by atoms with E-state index in [0.717, 1.165) is 5.69 Å². The van der Waals surface area contributed by atoms with Gasteiger partial charge in [-0.3, -0.25) is 4.68 Å². The molecule has 12 heavy (non-hydrogen) atoms. The molecular formula is C9H15FN2. The zero-order valence-corrected chi connectivity index (χ0v) is 8.06. The predicted octanol–water partition coefficient (Wildman–Crippen LogP) is 2.19. The molecule has 0 saturated heterocycles. The first-order chi connectivity index (χ1) is 5.45. The highest BCUT2D eigenvalue weighted by Gasteiger charge is 2.18. The van der Waals surface area contributed by atoms with Gasteiger partial charge in [0.1, 0.15) is 6.67 Å². The van der Waals surface area contributed by atoms with Crippen LogP contribution in [0.15, 0.2) is 6.07 Å². The summed E-state index contributed by atoms with van der Waals surface area (Å²) in [6, 6.07) is 1.82. The Morgan fingerprint density at radius 3 is 2.33 bits per heavy atom. The number of rotatable bonds is 1. The Hall–Kier alpha value is -0.860. The van der Waals surface area contributed by atoms with Crippen LogP contribution in [0.2, 0.25) is 0 Å². The van der Waals surface area contributed by atoms with Crippen molar-refractivity contribution in [1.82, 2.24) is 9.78 Å². The summed E-state index contributed by atoms with van der Waals surface area (Å²) in [6.45, 7) is 5.79. The molecule has 0 spiro atoms. The van der Waals surface area contributed by atoms with Crippen molar-refractivity contribution in [3.63, 3.8) is 0 Å². The minimum absolute atomic E-state index is 0.0369. The van der Waals surface area contributed by atoms with Gasteiger partial charge in [-0.05, 0) is 6.07 Å². The number of alkyl halides is 1. The molecule has 0 amide bonds. The first kappa shape index (κ1) is 9.23. The molecule has 2 nitrogen and oxygen atoms in total. The van der Waals surface area contributed by atoms with Gasteiger partial charge in [0.2, 0.25) is 0 Å². The first-order valence-electron chi connectivity index (χ1n) is 4.04. The molecule has 1 heterocycles. The molecule has 0 aromatic carbocycles. The zero-order valence-electron chi connectivity index (χ0n) is 8.06. The van der Waals surface area contributed by atoms with E-state index in [0.29, 0.717) is 5.69 Å². The van der Waals surface area contributed by atoms with E-state index in [1.807, 2.05) is 13.1 Å². The third-order valence-corrected chi connectivity index (χ3v) is 1.84. The molecule has 0 aliphatic heterocycles. The summed E-state index contributed by atoms with van der Waals surface area (Å²) in [5.41, 5.74) is 1.62. The summed E-state index contributed by atoms with van der Waals surface area (Å²) in [6.07, 6.45) is 0. The van der Waals surface area contributed by atoms with E-state index >= 15 is 0 Å². The van der Waals surface area contributed by atoms with Crippen molar-refractivity contribution in [2.45, 2.75) is 32.9 Å². The van der Waals surface area contributed by atoms with Crippen molar-refractivity contribution >= 4 is 0 Å². The maximum absolute atomic E-state index is 12.2. The SMILES string of the molecule is Cn1nc(CF)cc1C(C)(C)C. The molecule has 0 aliphatic rings. The number of hydrogen-bond donors (Lipinski definition) is 0. The second kappa shape index (κ2) is 2.88. The fraction of sp³-hybridized carbons (Fsp3) is 0.667. The molecular weight excluding hydrogens is 155 g/mol. The Labute approximate surface area is 72.4 Å². The van der Waals surface area contributed by atoms with E-state index in [4.69, 9.17) is 0 Å². The highest BCUT2D eigenvalue weighted by Crippen LogP contribution is 2.22. The predicted molar refractivity (Wildman–Crippen MR) is 46.7 cm³/mol. The standard InChI is InChI=1S/C9H15FN2/c1-9(2,3)8-5-7(6-10)11-12(8)4/h5H,6H2,1-4H3. The monoisotopic (exact) mass is 170 g/mol. The number of aromatic nitrogens is 2. The highest BCUT2D eigenvalue weighted by molar-refractivity contribution is 5.17.